The summed E-state index contributed by atoms with van der Waals surface area (Å²) in [6.07, 6.45) is 7.52. The highest BCUT2D eigenvalue weighted by atomic mass is 15.3. The lowest BCUT2D eigenvalue weighted by atomic mass is 10.3. The molecule has 0 spiro atoms. The molecule has 0 saturated heterocycles. The maximum absolute atomic E-state index is 4.27. The summed E-state index contributed by atoms with van der Waals surface area (Å²) in [5.41, 5.74) is 2.16. The van der Waals surface area contributed by atoms with Crippen molar-refractivity contribution in [2.75, 3.05) is 5.32 Å². The Morgan fingerprint density at radius 1 is 1.47 bits per heavy atom. The third-order valence-electron chi connectivity index (χ3n) is 2.18. The van der Waals surface area contributed by atoms with E-state index >= 15 is 0 Å². The molecular weight excluding hydrogens is 190 g/mol. The predicted molar refractivity (Wildman–Crippen MR) is 58.5 cm³/mol. The Hall–Kier alpha value is -1.78. The van der Waals surface area contributed by atoms with Crippen LogP contribution in [0.3, 0.4) is 0 Å². The Kier molecular flexibility index (Phi) is 2.71. The Balaban J connectivity index is 1.94. The van der Waals surface area contributed by atoms with E-state index in [0.717, 1.165) is 12.2 Å². The molecule has 2 rings (SSSR count). The minimum Gasteiger partial charge on any atom is -0.378 e. The number of aromatic amines is 1. The van der Waals surface area contributed by atoms with E-state index in [4.69, 9.17) is 0 Å². The average molecular weight is 205 g/mol. The number of nitrogens with zero attached hydrogens (tertiary/aromatic N) is 3. The van der Waals surface area contributed by atoms with Crippen LogP contribution in [-0.2, 0) is 6.54 Å². The first-order valence-corrected chi connectivity index (χ1v) is 5.01. The van der Waals surface area contributed by atoms with Gasteiger partial charge in [0.15, 0.2) is 0 Å². The summed E-state index contributed by atoms with van der Waals surface area (Å²) in [6, 6.07) is 0.410. The van der Waals surface area contributed by atoms with Gasteiger partial charge in [-0.25, -0.2) is 0 Å². The smallest absolute Gasteiger partial charge is 0.0726 e. The number of rotatable bonds is 4. The van der Waals surface area contributed by atoms with Crippen LogP contribution in [0, 0.1) is 0 Å². The number of aromatic nitrogens is 4. The molecule has 0 saturated carbocycles. The molecule has 0 aliphatic heterocycles. The third-order valence-corrected chi connectivity index (χ3v) is 2.18. The molecule has 5 nitrogen and oxygen atoms in total. The lowest BCUT2D eigenvalue weighted by molar-refractivity contribution is 0.532. The van der Waals surface area contributed by atoms with E-state index in [1.165, 1.54) is 5.56 Å². The van der Waals surface area contributed by atoms with Gasteiger partial charge < -0.3 is 5.32 Å². The molecule has 2 aromatic rings. The molecule has 5 heteroatoms. The highest BCUT2D eigenvalue weighted by molar-refractivity contribution is 5.38. The molecular formula is C10H15N5. The van der Waals surface area contributed by atoms with Crippen molar-refractivity contribution in [1.29, 1.82) is 0 Å². The number of H-pyrrole nitrogens is 1. The molecule has 2 N–H and O–H groups in total. The minimum absolute atomic E-state index is 0.410. The van der Waals surface area contributed by atoms with Crippen molar-refractivity contribution in [3.05, 3.63) is 30.4 Å². The van der Waals surface area contributed by atoms with Crippen LogP contribution in [0.4, 0.5) is 5.69 Å². The van der Waals surface area contributed by atoms with E-state index in [0.29, 0.717) is 6.04 Å². The second-order valence-electron chi connectivity index (χ2n) is 3.76. The molecule has 0 amide bonds. The van der Waals surface area contributed by atoms with Gasteiger partial charge in [-0.05, 0) is 13.8 Å². The van der Waals surface area contributed by atoms with Gasteiger partial charge in [0.25, 0.3) is 0 Å². The molecule has 0 unspecified atom stereocenters. The lowest BCUT2D eigenvalue weighted by Gasteiger charge is -2.03. The van der Waals surface area contributed by atoms with Crippen molar-refractivity contribution in [3.63, 3.8) is 0 Å². The van der Waals surface area contributed by atoms with Crippen LogP contribution < -0.4 is 5.32 Å². The van der Waals surface area contributed by atoms with Gasteiger partial charge in [-0.1, -0.05) is 0 Å². The van der Waals surface area contributed by atoms with Crippen LogP contribution in [0.2, 0.25) is 0 Å². The van der Waals surface area contributed by atoms with Gasteiger partial charge in [-0.2, -0.15) is 10.2 Å². The standard InChI is InChI=1S/C10H15N5/c1-8(2)15-7-9(4-14-15)3-11-10-5-12-13-6-10/h4-8,11H,3H2,1-2H3,(H,12,13). The summed E-state index contributed by atoms with van der Waals surface area (Å²) in [5, 5.41) is 14.1. The molecule has 0 fully saturated rings. The zero-order valence-corrected chi connectivity index (χ0v) is 8.94. The first-order chi connectivity index (χ1) is 7.25. The van der Waals surface area contributed by atoms with E-state index in [1.54, 1.807) is 6.20 Å². The second-order valence-corrected chi connectivity index (χ2v) is 3.76. The monoisotopic (exact) mass is 205 g/mol. The summed E-state index contributed by atoms with van der Waals surface area (Å²) in [5.74, 6) is 0. The number of hydrogen-bond acceptors (Lipinski definition) is 3. The molecule has 80 valence electrons. The van der Waals surface area contributed by atoms with Crippen LogP contribution in [0.1, 0.15) is 25.5 Å². The fourth-order valence-corrected chi connectivity index (χ4v) is 1.30. The molecule has 0 radical (unpaired) electrons. The highest BCUT2D eigenvalue weighted by Gasteiger charge is 2.01. The highest BCUT2D eigenvalue weighted by Crippen LogP contribution is 2.08. The van der Waals surface area contributed by atoms with Gasteiger partial charge >= 0.3 is 0 Å². The second kappa shape index (κ2) is 4.16. The Bertz CT molecular complexity index is 401. The number of hydrogen-bond donors (Lipinski definition) is 2. The molecule has 0 bridgehead atoms. The van der Waals surface area contributed by atoms with Crippen molar-refractivity contribution in [2.24, 2.45) is 0 Å². The zero-order valence-electron chi connectivity index (χ0n) is 8.94. The molecule has 15 heavy (non-hydrogen) atoms. The van der Waals surface area contributed by atoms with E-state index < -0.39 is 0 Å². The third kappa shape index (κ3) is 2.37. The van der Waals surface area contributed by atoms with Crippen LogP contribution in [0.25, 0.3) is 0 Å². The van der Waals surface area contributed by atoms with E-state index in [-0.39, 0.29) is 0 Å². The molecule has 0 aliphatic rings. The fraction of sp³-hybridized carbons (Fsp3) is 0.400. The first-order valence-electron chi connectivity index (χ1n) is 5.01. The summed E-state index contributed by atoms with van der Waals surface area (Å²) < 4.78 is 1.95. The SMILES string of the molecule is CC(C)n1cc(CNc2cn[nH]c2)cn1. The summed E-state index contributed by atoms with van der Waals surface area (Å²) in [6.45, 7) is 4.99. The molecule has 2 aromatic heterocycles. The van der Waals surface area contributed by atoms with Crippen molar-refractivity contribution in [2.45, 2.75) is 26.4 Å². The van der Waals surface area contributed by atoms with E-state index in [9.17, 15) is 0 Å². The van der Waals surface area contributed by atoms with Crippen LogP contribution >= 0.6 is 0 Å². The van der Waals surface area contributed by atoms with Crippen molar-refractivity contribution >= 4 is 5.69 Å². The Labute approximate surface area is 88.5 Å². The van der Waals surface area contributed by atoms with Gasteiger partial charge in [0.2, 0.25) is 0 Å². The average Bonchev–Trinajstić information content (AvgIpc) is 2.86. The maximum Gasteiger partial charge on any atom is 0.0726 e. The fourth-order valence-electron chi connectivity index (χ4n) is 1.30. The molecule has 0 aromatic carbocycles. The van der Waals surface area contributed by atoms with Gasteiger partial charge in [0.05, 0.1) is 18.1 Å². The normalized spacial score (nSPS) is 10.9. The maximum atomic E-state index is 4.27. The van der Waals surface area contributed by atoms with Gasteiger partial charge in [-0.15, -0.1) is 0 Å². The molecule has 0 aliphatic carbocycles. The first kappa shape index (κ1) is 9.76. The number of anilines is 1. The van der Waals surface area contributed by atoms with Crippen molar-refractivity contribution in [1.82, 2.24) is 20.0 Å². The predicted octanol–water partition coefficient (Wildman–Crippen LogP) is 1.80. The molecule has 0 atom stereocenters. The van der Waals surface area contributed by atoms with Gasteiger partial charge in [-0.3, -0.25) is 9.78 Å². The van der Waals surface area contributed by atoms with Crippen LogP contribution in [0.5, 0.6) is 0 Å². The summed E-state index contributed by atoms with van der Waals surface area (Å²) in [7, 11) is 0. The van der Waals surface area contributed by atoms with E-state index in [1.807, 2.05) is 17.1 Å². The summed E-state index contributed by atoms with van der Waals surface area (Å²) in [4.78, 5) is 0. The number of nitrogens with one attached hydrogen (secondary N) is 2. The summed E-state index contributed by atoms with van der Waals surface area (Å²) >= 11 is 0. The van der Waals surface area contributed by atoms with Crippen LogP contribution in [0.15, 0.2) is 24.8 Å². The Morgan fingerprint density at radius 2 is 2.33 bits per heavy atom. The van der Waals surface area contributed by atoms with Gasteiger partial charge in [0.1, 0.15) is 0 Å². The van der Waals surface area contributed by atoms with E-state index in [2.05, 4.69) is 40.7 Å². The largest absolute Gasteiger partial charge is 0.378 e. The topological polar surface area (TPSA) is 58.5 Å². The minimum atomic E-state index is 0.410. The quantitative estimate of drug-likeness (QED) is 0.800. The lowest BCUT2D eigenvalue weighted by Crippen LogP contribution is -2.00. The zero-order chi connectivity index (χ0) is 10.7. The van der Waals surface area contributed by atoms with Gasteiger partial charge in [0, 0.05) is 30.5 Å². The Morgan fingerprint density at radius 3 is 2.93 bits per heavy atom. The van der Waals surface area contributed by atoms with Crippen LogP contribution in [-0.4, -0.2) is 20.0 Å². The van der Waals surface area contributed by atoms with Crippen molar-refractivity contribution in [3.8, 4) is 0 Å². The molecule has 2 heterocycles. The van der Waals surface area contributed by atoms with Crippen molar-refractivity contribution < 1.29 is 0 Å².